The summed E-state index contributed by atoms with van der Waals surface area (Å²) in [7, 11) is 0. The van der Waals surface area contributed by atoms with Crippen LogP contribution in [0.1, 0.15) is 50.6 Å². The Hall–Kier alpha value is -3.38. The van der Waals surface area contributed by atoms with Gasteiger partial charge in [-0.3, -0.25) is 10.00 Å². The number of fused-ring (bicyclic) bond motifs is 3. The summed E-state index contributed by atoms with van der Waals surface area (Å²) < 4.78 is 0. The van der Waals surface area contributed by atoms with Crippen LogP contribution >= 0.6 is 0 Å². The molecule has 2 aromatic heterocycles. The zero-order valence-corrected chi connectivity index (χ0v) is 20.3. The second kappa shape index (κ2) is 9.34. The summed E-state index contributed by atoms with van der Waals surface area (Å²) >= 11 is 0. The smallest absolute Gasteiger partial charge is 0.225 e. The van der Waals surface area contributed by atoms with E-state index >= 15 is 0 Å². The first-order valence-electron chi connectivity index (χ1n) is 12.9. The molecule has 1 aromatic carbocycles. The fourth-order valence-corrected chi connectivity index (χ4v) is 6.17. The Morgan fingerprint density at radius 1 is 1.11 bits per heavy atom. The standard InChI is InChI=1S/C26H33N9/c1-17-13-24(33-32-17)30-25-22-8-7-19(34-10-2-3-11-34)16-23(22)29-26(31-25)28-18-14-20-5-6-21(15-18)35(20)12-4-9-27/h7-8,13,16,18,20-21H,2-6,10-12,14-15H2,1H3,(H3,28,29,30,31,32,33). The van der Waals surface area contributed by atoms with Gasteiger partial charge in [-0.15, -0.1) is 0 Å². The first kappa shape index (κ1) is 22.1. The van der Waals surface area contributed by atoms with Crippen LogP contribution in [0.25, 0.3) is 10.9 Å². The normalized spacial score (nSPS) is 24.1. The number of aryl methyl sites for hydroxylation is 1. The number of H-pyrrole nitrogens is 1. The third-order valence-corrected chi connectivity index (χ3v) is 7.80. The van der Waals surface area contributed by atoms with Crippen LogP contribution < -0.4 is 15.5 Å². The highest BCUT2D eigenvalue weighted by atomic mass is 15.3. The zero-order valence-electron chi connectivity index (χ0n) is 20.3. The molecule has 9 nitrogen and oxygen atoms in total. The van der Waals surface area contributed by atoms with E-state index < -0.39 is 0 Å². The van der Waals surface area contributed by atoms with Gasteiger partial charge in [-0.1, -0.05) is 0 Å². The average molecular weight is 472 g/mol. The molecule has 3 N–H and O–H groups in total. The number of aromatic nitrogens is 4. The summed E-state index contributed by atoms with van der Waals surface area (Å²) in [5.41, 5.74) is 3.17. The molecule has 3 saturated heterocycles. The topological polar surface area (TPSA) is 109 Å². The molecule has 3 aliphatic rings. The number of hydrogen-bond acceptors (Lipinski definition) is 8. The Morgan fingerprint density at radius 3 is 2.63 bits per heavy atom. The molecule has 182 valence electrons. The molecule has 0 saturated carbocycles. The summed E-state index contributed by atoms with van der Waals surface area (Å²) in [6, 6.07) is 12.2. The Labute approximate surface area is 205 Å². The minimum absolute atomic E-state index is 0.338. The zero-order chi connectivity index (χ0) is 23.8. The van der Waals surface area contributed by atoms with Crippen LogP contribution in [0.3, 0.4) is 0 Å². The Morgan fingerprint density at radius 2 is 1.91 bits per heavy atom. The molecule has 0 spiro atoms. The van der Waals surface area contributed by atoms with Crippen molar-refractivity contribution in [3.8, 4) is 6.07 Å². The van der Waals surface area contributed by atoms with E-state index in [1.807, 2.05) is 13.0 Å². The number of rotatable bonds is 7. The molecule has 0 aliphatic carbocycles. The van der Waals surface area contributed by atoms with Crippen LogP contribution in [0.2, 0.25) is 0 Å². The van der Waals surface area contributed by atoms with Gasteiger partial charge >= 0.3 is 0 Å². The summed E-state index contributed by atoms with van der Waals surface area (Å²) in [5, 5.41) is 24.4. The highest BCUT2D eigenvalue weighted by molar-refractivity contribution is 5.93. The highest BCUT2D eigenvalue weighted by Crippen LogP contribution is 2.37. The lowest BCUT2D eigenvalue weighted by molar-refractivity contribution is 0.135. The second-order valence-electron chi connectivity index (χ2n) is 10.2. The predicted octanol–water partition coefficient (Wildman–Crippen LogP) is 4.33. The maximum atomic E-state index is 9.02. The van der Waals surface area contributed by atoms with Crippen molar-refractivity contribution in [1.82, 2.24) is 25.1 Å². The fraction of sp³-hybridized carbons (Fsp3) is 0.538. The summed E-state index contributed by atoms with van der Waals surface area (Å²) in [6.45, 7) is 5.09. The van der Waals surface area contributed by atoms with Gasteiger partial charge in [0, 0.05) is 67.0 Å². The number of aromatic amines is 1. The van der Waals surface area contributed by atoms with Crippen LogP contribution in [-0.2, 0) is 0 Å². The molecule has 3 aromatic rings. The van der Waals surface area contributed by atoms with Crippen molar-refractivity contribution >= 4 is 34.2 Å². The molecular weight excluding hydrogens is 438 g/mol. The third-order valence-electron chi connectivity index (χ3n) is 7.80. The number of nitriles is 1. The van der Waals surface area contributed by atoms with Crippen molar-refractivity contribution in [2.45, 2.75) is 70.0 Å². The lowest BCUT2D eigenvalue weighted by Crippen LogP contribution is -2.47. The van der Waals surface area contributed by atoms with Crippen molar-refractivity contribution < 1.29 is 0 Å². The molecule has 9 heteroatoms. The Bertz CT molecular complexity index is 1230. The van der Waals surface area contributed by atoms with Crippen molar-refractivity contribution in [3.05, 3.63) is 30.0 Å². The van der Waals surface area contributed by atoms with Crippen molar-refractivity contribution in [2.75, 3.05) is 35.2 Å². The van der Waals surface area contributed by atoms with Crippen LogP contribution in [0, 0.1) is 18.3 Å². The van der Waals surface area contributed by atoms with Gasteiger partial charge in [0.15, 0.2) is 5.82 Å². The summed E-state index contributed by atoms with van der Waals surface area (Å²) in [5.74, 6) is 2.19. The molecular formula is C26H33N9. The van der Waals surface area contributed by atoms with E-state index in [1.54, 1.807) is 0 Å². The van der Waals surface area contributed by atoms with E-state index in [-0.39, 0.29) is 0 Å². The average Bonchev–Trinajstić information content (AvgIpc) is 3.58. The van der Waals surface area contributed by atoms with Crippen molar-refractivity contribution in [1.29, 1.82) is 5.26 Å². The molecule has 2 atom stereocenters. The largest absolute Gasteiger partial charge is 0.371 e. The summed E-state index contributed by atoms with van der Waals surface area (Å²) in [6.07, 6.45) is 7.68. The molecule has 35 heavy (non-hydrogen) atoms. The van der Waals surface area contributed by atoms with Gasteiger partial charge in [0.05, 0.1) is 11.6 Å². The molecule has 2 bridgehead atoms. The van der Waals surface area contributed by atoms with Gasteiger partial charge in [0.2, 0.25) is 5.95 Å². The highest BCUT2D eigenvalue weighted by Gasteiger charge is 2.40. The van der Waals surface area contributed by atoms with E-state index in [4.69, 9.17) is 15.2 Å². The molecule has 0 radical (unpaired) electrons. The first-order valence-corrected chi connectivity index (χ1v) is 12.9. The van der Waals surface area contributed by atoms with Crippen molar-refractivity contribution in [3.63, 3.8) is 0 Å². The molecule has 3 fully saturated rings. The molecule has 0 amide bonds. The SMILES string of the molecule is Cc1cc(Nc2nc(NC3CC4CCC(C3)N4CCC#N)nc3cc(N4CCCC4)ccc23)n[nH]1. The van der Waals surface area contributed by atoms with Gasteiger partial charge in [-0.25, -0.2) is 4.98 Å². The Balaban J connectivity index is 1.28. The minimum Gasteiger partial charge on any atom is -0.371 e. The van der Waals surface area contributed by atoms with Crippen LogP contribution in [0.5, 0.6) is 0 Å². The monoisotopic (exact) mass is 471 g/mol. The predicted molar refractivity (Wildman–Crippen MR) is 138 cm³/mol. The molecule has 3 aliphatic heterocycles. The lowest BCUT2D eigenvalue weighted by atomic mass is 9.97. The van der Waals surface area contributed by atoms with E-state index in [0.29, 0.717) is 30.5 Å². The first-order chi connectivity index (χ1) is 17.2. The molecule has 5 heterocycles. The number of benzene rings is 1. The van der Waals surface area contributed by atoms with E-state index in [2.05, 4.69) is 54.9 Å². The molecule has 6 rings (SSSR count). The number of nitrogens with zero attached hydrogens (tertiary/aromatic N) is 6. The van der Waals surface area contributed by atoms with E-state index in [1.165, 1.54) is 31.4 Å². The number of piperidine rings is 1. The van der Waals surface area contributed by atoms with Gasteiger partial charge in [-0.05, 0) is 63.6 Å². The van der Waals surface area contributed by atoms with Gasteiger partial charge in [-0.2, -0.15) is 15.3 Å². The van der Waals surface area contributed by atoms with Crippen LogP contribution in [0.4, 0.5) is 23.3 Å². The maximum absolute atomic E-state index is 9.02. The second-order valence-corrected chi connectivity index (χ2v) is 10.2. The Kier molecular flexibility index (Phi) is 5.90. The maximum Gasteiger partial charge on any atom is 0.225 e. The lowest BCUT2D eigenvalue weighted by Gasteiger charge is -2.38. The number of hydrogen-bond donors (Lipinski definition) is 3. The quantitative estimate of drug-likeness (QED) is 0.467. The number of anilines is 4. The van der Waals surface area contributed by atoms with Crippen molar-refractivity contribution in [2.24, 2.45) is 0 Å². The van der Waals surface area contributed by atoms with E-state index in [9.17, 15) is 0 Å². The van der Waals surface area contributed by atoms with Crippen LogP contribution in [-0.4, -0.2) is 62.8 Å². The summed E-state index contributed by atoms with van der Waals surface area (Å²) in [4.78, 5) is 14.9. The number of nitrogens with one attached hydrogen (secondary N) is 3. The van der Waals surface area contributed by atoms with Gasteiger partial charge in [0.25, 0.3) is 0 Å². The third kappa shape index (κ3) is 4.50. The minimum atomic E-state index is 0.338. The van der Waals surface area contributed by atoms with Gasteiger partial charge in [0.1, 0.15) is 5.82 Å². The van der Waals surface area contributed by atoms with Crippen LogP contribution in [0.15, 0.2) is 24.3 Å². The molecule has 2 unspecified atom stereocenters. The van der Waals surface area contributed by atoms with E-state index in [0.717, 1.165) is 60.7 Å². The van der Waals surface area contributed by atoms with Gasteiger partial charge < -0.3 is 15.5 Å². The fourth-order valence-electron chi connectivity index (χ4n) is 6.17.